The average molecular weight is 282 g/mol. The lowest BCUT2D eigenvalue weighted by Gasteiger charge is -2.06. The van der Waals surface area contributed by atoms with Gasteiger partial charge in [-0.2, -0.15) is 8.42 Å². The fourth-order valence-corrected chi connectivity index (χ4v) is 4.55. The first-order chi connectivity index (χ1) is 7.12. The van der Waals surface area contributed by atoms with Gasteiger partial charge in [-0.25, -0.2) is 4.21 Å². The van der Waals surface area contributed by atoms with E-state index < -0.39 is 19.0 Å². The van der Waals surface area contributed by atoms with Crippen LogP contribution in [0.1, 0.15) is 11.1 Å². The van der Waals surface area contributed by atoms with Crippen molar-refractivity contribution < 1.29 is 12.6 Å². The molecule has 0 aromatic heterocycles. The second kappa shape index (κ2) is 4.35. The van der Waals surface area contributed by atoms with Crippen LogP contribution in [0.4, 0.5) is 0 Å². The van der Waals surface area contributed by atoms with E-state index >= 15 is 0 Å². The third-order valence-corrected chi connectivity index (χ3v) is 5.63. The summed E-state index contributed by atoms with van der Waals surface area (Å²) in [5, 5.41) is 0. The van der Waals surface area contributed by atoms with Gasteiger partial charge in [0.2, 0.25) is 0 Å². The van der Waals surface area contributed by atoms with E-state index in [0.717, 1.165) is 11.1 Å². The summed E-state index contributed by atoms with van der Waals surface area (Å²) in [6.45, 7) is 3.76. The normalized spacial score (nSPS) is 15.5. The molecule has 0 spiro atoms. The monoisotopic (exact) mass is 281 g/mol. The van der Waals surface area contributed by atoms with Crippen molar-refractivity contribution >= 4 is 29.6 Å². The maximum Gasteiger partial charge on any atom is 0.347 e. The Labute approximate surface area is 100 Å². The van der Waals surface area contributed by atoms with Crippen molar-refractivity contribution in [2.24, 2.45) is 3.77 Å². The van der Waals surface area contributed by atoms with Crippen LogP contribution in [0, 0.1) is 13.8 Å². The molecule has 1 atom stereocenters. The Morgan fingerprint density at radius 3 is 2.12 bits per heavy atom. The van der Waals surface area contributed by atoms with Gasteiger partial charge < -0.3 is 0 Å². The molecule has 0 saturated carbocycles. The smallest absolute Gasteiger partial charge is 0.244 e. The van der Waals surface area contributed by atoms with E-state index in [0.29, 0.717) is 4.90 Å². The summed E-state index contributed by atoms with van der Waals surface area (Å²) < 4.78 is 36.8. The number of hydrogen-bond donors (Lipinski definition) is 0. The van der Waals surface area contributed by atoms with Crippen molar-refractivity contribution in [3.8, 4) is 0 Å². The van der Waals surface area contributed by atoms with Gasteiger partial charge in [-0.3, -0.25) is 0 Å². The van der Waals surface area contributed by atoms with E-state index in [9.17, 15) is 12.6 Å². The van der Waals surface area contributed by atoms with Gasteiger partial charge in [0.25, 0.3) is 0 Å². The molecule has 0 heterocycles. The molecule has 0 saturated heterocycles. The van der Waals surface area contributed by atoms with Crippen LogP contribution in [-0.4, -0.2) is 18.9 Å². The van der Waals surface area contributed by atoms with Crippen molar-refractivity contribution in [3.05, 3.63) is 29.3 Å². The van der Waals surface area contributed by atoms with Crippen LogP contribution in [0.5, 0.6) is 0 Å². The van der Waals surface area contributed by atoms with E-state index in [1.54, 1.807) is 18.2 Å². The van der Waals surface area contributed by atoms with Crippen LogP contribution >= 0.6 is 10.7 Å². The predicted octanol–water partition coefficient (Wildman–Crippen LogP) is 2.24. The van der Waals surface area contributed by atoms with Crippen molar-refractivity contribution in [3.63, 3.8) is 0 Å². The van der Waals surface area contributed by atoms with Gasteiger partial charge in [-0.05, 0) is 37.1 Å². The second-order valence-electron chi connectivity index (χ2n) is 3.54. The summed E-state index contributed by atoms with van der Waals surface area (Å²) in [5.74, 6) is 0. The highest BCUT2D eigenvalue weighted by atomic mass is 35.7. The first-order valence-electron chi connectivity index (χ1n) is 4.37. The van der Waals surface area contributed by atoms with Crippen LogP contribution in [0.3, 0.4) is 0 Å². The minimum Gasteiger partial charge on any atom is -0.244 e. The summed E-state index contributed by atoms with van der Waals surface area (Å²) >= 11 is 0. The van der Waals surface area contributed by atoms with Crippen molar-refractivity contribution in [1.82, 2.24) is 0 Å². The lowest BCUT2D eigenvalue weighted by molar-refractivity contribution is 0.611. The standard InChI is InChI=1S/C9H12ClNO3S2/c1-7-4-5-9(6-8(7)2)15(3,12)11-16(10,13)14/h4-6H,1-3H3. The summed E-state index contributed by atoms with van der Waals surface area (Å²) in [4.78, 5) is 0.361. The zero-order chi connectivity index (χ0) is 12.6. The first kappa shape index (κ1) is 13.5. The number of halogens is 1. The molecule has 7 heteroatoms. The Bertz CT molecular complexity index is 628. The van der Waals surface area contributed by atoms with Crippen LogP contribution in [0.2, 0.25) is 0 Å². The van der Waals surface area contributed by atoms with Gasteiger partial charge in [0.1, 0.15) is 0 Å². The summed E-state index contributed by atoms with van der Waals surface area (Å²) in [5.41, 5.74) is 1.96. The number of rotatable bonds is 2. The Kier molecular flexibility index (Phi) is 3.66. The SMILES string of the molecule is Cc1ccc(S(C)(=O)=NS(=O)(=O)Cl)cc1C. The molecule has 0 bridgehead atoms. The Balaban J connectivity index is 3.46. The quantitative estimate of drug-likeness (QED) is 0.781. The first-order valence-corrected chi connectivity index (χ1v) is 8.56. The number of benzene rings is 1. The van der Waals surface area contributed by atoms with E-state index in [1.165, 1.54) is 6.26 Å². The van der Waals surface area contributed by atoms with Crippen LogP contribution in [-0.2, 0) is 19.0 Å². The molecule has 1 aromatic rings. The molecule has 90 valence electrons. The van der Waals surface area contributed by atoms with Gasteiger partial charge in [0.15, 0.2) is 0 Å². The second-order valence-corrected chi connectivity index (χ2v) is 8.20. The largest absolute Gasteiger partial charge is 0.347 e. The van der Waals surface area contributed by atoms with Crippen LogP contribution < -0.4 is 0 Å². The van der Waals surface area contributed by atoms with E-state index in [2.05, 4.69) is 3.77 Å². The zero-order valence-corrected chi connectivity index (χ0v) is 11.5. The highest BCUT2D eigenvalue weighted by Crippen LogP contribution is 2.18. The lowest BCUT2D eigenvalue weighted by atomic mass is 10.1. The Morgan fingerprint density at radius 1 is 1.12 bits per heavy atom. The maximum atomic E-state index is 12.0. The minimum absolute atomic E-state index is 0.361. The van der Waals surface area contributed by atoms with Gasteiger partial charge in [-0.15, -0.1) is 0 Å². The molecule has 0 aliphatic rings. The molecule has 1 rings (SSSR count). The highest BCUT2D eigenvalue weighted by molar-refractivity contribution is 8.17. The van der Waals surface area contributed by atoms with E-state index in [4.69, 9.17) is 10.7 Å². The van der Waals surface area contributed by atoms with Gasteiger partial charge in [-0.1, -0.05) is 9.83 Å². The Morgan fingerprint density at radius 2 is 1.69 bits per heavy atom. The van der Waals surface area contributed by atoms with Crippen molar-refractivity contribution in [2.45, 2.75) is 18.7 Å². The van der Waals surface area contributed by atoms with Gasteiger partial charge in [0, 0.05) is 21.8 Å². The molecular weight excluding hydrogens is 270 g/mol. The van der Waals surface area contributed by atoms with Crippen LogP contribution in [0.15, 0.2) is 26.9 Å². The number of nitrogens with zero attached hydrogens (tertiary/aromatic N) is 1. The lowest BCUT2D eigenvalue weighted by Crippen LogP contribution is -2.01. The molecule has 1 unspecified atom stereocenters. The summed E-state index contributed by atoms with van der Waals surface area (Å²) in [7, 11) is -2.17. The van der Waals surface area contributed by atoms with E-state index in [-0.39, 0.29) is 0 Å². The van der Waals surface area contributed by atoms with Crippen molar-refractivity contribution in [2.75, 3.05) is 6.26 Å². The fourth-order valence-electron chi connectivity index (χ4n) is 1.16. The molecule has 0 fully saturated rings. The fraction of sp³-hybridized carbons (Fsp3) is 0.333. The maximum absolute atomic E-state index is 12.0. The molecule has 0 aliphatic carbocycles. The molecule has 1 aromatic carbocycles. The number of aryl methyl sites for hydroxylation is 2. The molecular formula is C9H12ClNO3S2. The molecule has 16 heavy (non-hydrogen) atoms. The zero-order valence-electron chi connectivity index (χ0n) is 9.10. The third kappa shape index (κ3) is 3.47. The summed E-state index contributed by atoms with van der Waals surface area (Å²) in [6.07, 6.45) is 1.25. The average Bonchev–Trinajstić information content (AvgIpc) is 2.05. The topological polar surface area (TPSA) is 63.6 Å². The molecule has 0 radical (unpaired) electrons. The molecule has 0 amide bonds. The van der Waals surface area contributed by atoms with Crippen LogP contribution in [0.25, 0.3) is 0 Å². The Hall–Kier alpha value is -0.590. The third-order valence-electron chi connectivity index (χ3n) is 2.15. The van der Waals surface area contributed by atoms with E-state index in [1.807, 2.05) is 13.8 Å². The molecule has 0 N–H and O–H groups in total. The van der Waals surface area contributed by atoms with Gasteiger partial charge in [0.05, 0.1) is 9.73 Å². The van der Waals surface area contributed by atoms with Gasteiger partial charge >= 0.3 is 9.24 Å². The molecule has 0 aliphatic heterocycles. The minimum atomic E-state index is -4.13. The molecule has 4 nitrogen and oxygen atoms in total. The summed E-state index contributed by atoms with van der Waals surface area (Å²) in [6, 6.07) is 5.02. The highest BCUT2D eigenvalue weighted by Gasteiger charge is 2.12. The van der Waals surface area contributed by atoms with Crippen molar-refractivity contribution in [1.29, 1.82) is 0 Å². The predicted molar refractivity (Wildman–Crippen MR) is 65.4 cm³/mol. The number of hydrogen-bond acceptors (Lipinski definition) is 3.